The summed E-state index contributed by atoms with van der Waals surface area (Å²) in [6.45, 7) is 0. The molecule has 0 aliphatic heterocycles. The molecular weight excluding hydrogens is 238 g/mol. The van der Waals surface area contributed by atoms with E-state index < -0.39 is 0 Å². The minimum Gasteiger partial charge on any atom is -0.369 e. The van der Waals surface area contributed by atoms with E-state index in [-0.39, 0.29) is 11.8 Å². The highest BCUT2D eigenvalue weighted by Gasteiger charge is 2.15. The first-order valence-corrected chi connectivity index (χ1v) is 7.04. The van der Waals surface area contributed by atoms with Crippen molar-refractivity contribution in [3.63, 3.8) is 0 Å². The lowest BCUT2D eigenvalue weighted by atomic mass is 10.0. The topological polar surface area (TPSA) is 43.1 Å². The number of benzene rings is 1. The van der Waals surface area contributed by atoms with Crippen LogP contribution in [0.3, 0.4) is 0 Å². The van der Waals surface area contributed by atoms with Crippen LogP contribution in [0.25, 0.3) is 0 Å². The third kappa shape index (κ3) is 4.94. The van der Waals surface area contributed by atoms with Crippen molar-refractivity contribution >= 4 is 30.3 Å². The van der Waals surface area contributed by atoms with Crippen molar-refractivity contribution in [2.24, 2.45) is 11.7 Å². The van der Waals surface area contributed by atoms with Crippen LogP contribution in [-0.2, 0) is 11.2 Å². The number of carbonyl (C=O) groups excluding carboxylic acids is 1. The molecule has 0 heterocycles. The van der Waals surface area contributed by atoms with E-state index in [4.69, 9.17) is 5.73 Å². The minimum atomic E-state index is -0.212. The molecule has 0 radical (unpaired) electrons. The van der Waals surface area contributed by atoms with Crippen LogP contribution in [0.2, 0.25) is 0 Å². The number of amides is 1. The Labute approximate surface area is 106 Å². The monoisotopic (exact) mass is 255 g/mol. The van der Waals surface area contributed by atoms with Gasteiger partial charge < -0.3 is 5.73 Å². The predicted octanol–water partition coefficient (Wildman–Crippen LogP) is 1.99. The predicted molar refractivity (Wildman–Crippen MR) is 74.0 cm³/mol. The van der Waals surface area contributed by atoms with Crippen molar-refractivity contribution in [2.75, 3.05) is 17.3 Å². The second kappa shape index (κ2) is 7.63. The molecule has 4 heteroatoms. The molecule has 0 spiro atoms. The van der Waals surface area contributed by atoms with Crippen molar-refractivity contribution in [1.29, 1.82) is 0 Å². The van der Waals surface area contributed by atoms with Crippen LogP contribution < -0.4 is 5.73 Å². The van der Waals surface area contributed by atoms with Gasteiger partial charge in [-0.3, -0.25) is 4.79 Å². The van der Waals surface area contributed by atoms with Crippen LogP contribution in [0.15, 0.2) is 30.3 Å². The molecule has 1 unspecified atom stereocenters. The van der Waals surface area contributed by atoms with Crippen molar-refractivity contribution in [1.82, 2.24) is 0 Å². The van der Waals surface area contributed by atoms with Gasteiger partial charge in [0, 0.05) is 11.5 Å². The first-order valence-electron chi connectivity index (χ1n) is 5.26. The molecule has 1 aromatic carbocycles. The Morgan fingerprint density at radius 1 is 1.38 bits per heavy atom. The highest BCUT2D eigenvalue weighted by Crippen LogP contribution is 2.14. The molecule has 1 aromatic rings. The van der Waals surface area contributed by atoms with Gasteiger partial charge in [0.15, 0.2) is 0 Å². The lowest BCUT2D eigenvalue weighted by Crippen LogP contribution is -2.27. The van der Waals surface area contributed by atoms with Crippen LogP contribution >= 0.6 is 24.4 Å². The number of rotatable bonds is 7. The van der Waals surface area contributed by atoms with E-state index >= 15 is 0 Å². The van der Waals surface area contributed by atoms with Crippen molar-refractivity contribution in [2.45, 2.75) is 6.42 Å². The van der Waals surface area contributed by atoms with E-state index in [0.29, 0.717) is 0 Å². The van der Waals surface area contributed by atoms with Gasteiger partial charge in [-0.15, -0.1) is 0 Å². The Kier molecular flexibility index (Phi) is 6.42. The Morgan fingerprint density at radius 3 is 2.62 bits per heavy atom. The second-order valence-corrected chi connectivity index (χ2v) is 5.18. The van der Waals surface area contributed by atoms with E-state index in [1.54, 1.807) is 11.8 Å². The molecule has 2 N–H and O–H groups in total. The molecule has 0 aliphatic carbocycles. The molecule has 0 bridgehead atoms. The van der Waals surface area contributed by atoms with Crippen molar-refractivity contribution in [3.8, 4) is 0 Å². The Balaban J connectivity index is 2.48. The highest BCUT2D eigenvalue weighted by molar-refractivity contribution is 8.00. The van der Waals surface area contributed by atoms with Gasteiger partial charge in [0.25, 0.3) is 0 Å². The van der Waals surface area contributed by atoms with Gasteiger partial charge >= 0.3 is 0 Å². The van der Waals surface area contributed by atoms with E-state index in [0.717, 1.165) is 29.2 Å². The summed E-state index contributed by atoms with van der Waals surface area (Å²) < 4.78 is 0. The first-order chi connectivity index (χ1) is 7.74. The fraction of sp³-hybridized carbons (Fsp3) is 0.417. The van der Waals surface area contributed by atoms with Gasteiger partial charge in [0.2, 0.25) is 5.91 Å². The zero-order chi connectivity index (χ0) is 11.8. The summed E-state index contributed by atoms with van der Waals surface area (Å²) in [4.78, 5) is 11.3. The zero-order valence-corrected chi connectivity index (χ0v) is 10.8. The molecule has 0 aromatic heterocycles. The maximum absolute atomic E-state index is 11.3. The number of thioether (sulfide) groups is 1. The number of hydrogen-bond donors (Lipinski definition) is 2. The van der Waals surface area contributed by atoms with Crippen LogP contribution in [0.5, 0.6) is 0 Å². The SMILES string of the molecule is NC(=O)C(CSCCS)Cc1ccccc1. The summed E-state index contributed by atoms with van der Waals surface area (Å²) >= 11 is 5.87. The van der Waals surface area contributed by atoms with Crippen LogP contribution in [0.4, 0.5) is 0 Å². The molecule has 0 saturated carbocycles. The van der Waals surface area contributed by atoms with E-state index in [9.17, 15) is 4.79 Å². The number of carbonyl (C=O) groups is 1. The maximum Gasteiger partial charge on any atom is 0.221 e. The average Bonchev–Trinajstić information content (AvgIpc) is 2.29. The summed E-state index contributed by atoms with van der Waals surface area (Å²) in [7, 11) is 0. The summed E-state index contributed by atoms with van der Waals surface area (Å²) in [5.74, 6) is 2.29. The molecule has 1 atom stereocenters. The van der Waals surface area contributed by atoms with Gasteiger partial charge in [-0.25, -0.2) is 0 Å². The molecule has 16 heavy (non-hydrogen) atoms. The quantitative estimate of drug-likeness (QED) is 0.578. The molecule has 0 aliphatic rings. The Bertz CT molecular complexity index is 316. The fourth-order valence-electron chi connectivity index (χ4n) is 1.43. The van der Waals surface area contributed by atoms with Gasteiger partial charge in [0.05, 0.1) is 5.92 Å². The third-order valence-electron chi connectivity index (χ3n) is 2.28. The zero-order valence-electron chi connectivity index (χ0n) is 9.13. The van der Waals surface area contributed by atoms with Crippen LogP contribution in [-0.4, -0.2) is 23.2 Å². The highest BCUT2D eigenvalue weighted by atomic mass is 32.2. The standard InChI is InChI=1S/C12H17NOS2/c13-12(14)11(9-16-7-6-15)8-10-4-2-1-3-5-10/h1-5,11,15H,6-9H2,(H2,13,14). The largest absolute Gasteiger partial charge is 0.369 e. The smallest absolute Gasteiger partial charge is 0.221 e. The molecule has 2 nitrogen and oxygen atoms in total. The normalized spacial score (nSPS) is 12.3. The molecule has 0 saturated heterocycles. The molecule has 1 amide bonds. The summed E-state index contributed by atoms with van der Waals surface area (Å²) in [5, 5.41) is 0. The number of hydrogen-bond acceptors (Lipinski definition) is 3. The lowest BCUT2D eigenvalue weighted by Gasteiger charge is -2.12. The van der Waals surface area contributed by atoms with E-state index in [1.165, 1.54) is 0 Å². The number of thiol groups is 1. The van der Waals surface area contributed by atoms with E-state index in [2.05, 4.69) is 12.6 Å². The second-order valence-electron chi connectivity index (χ2n) is 3.59. The Morgan fingerprint density at radius 2 is 2.06 bits per heavy atom. The summed E-state index contributed by atoms with van der Waals surface area (Å²) in [5.41, 5.74) is 6.56. The van der Waals surface area contributed by atoms with Gasteiger partial charge in [-0.05, 0) is 17.7 Å². The molecule has 1 rings (SSSR count). The maximum atomic E-state index is 11.3. The van der Waals surface area contributed by atoms with Crippen molar-refractivity contribution < 1.29 is 4.79 Å². The third-order valence-corrected chi connectivity index (χ3v) is 3.94. The molecule has 88 valence electrons. The van der Waals surface area contributed by atoms with Crippen LogP contribution in [0, 0.1) is 5.92 Å². The van der Waals surface area contributed by atoms with Gasteiger partial charge in [-0.1, -0.05) is 30.3 Å². The fourth-order valence-corrected chi connectivity index (χ4v) is 2.68. The molecular formula is C12H17NOS2. The van der Waals surface area contributed by atoms with Crippen molar-refractivity contribution in [3.05, 3.63) is 35.9 Å². The van der Waals surface area contributed by atoms with Gasteiger partial charge in [0.1, 0.15) is 0 Å². The minimum absolute atomic E-state index is 0.0766. The number of primary amides is 1. The van der Waals surface area contributed by atoms with Gasteiger partial charge in [-0.2, -0.15) is 24.4 Å². The number of nitrogens with two attached hydrogens (primary N) is 1. The molecule has 0 fully saturated rings. The van der Waals surface area contributed by atoms with E-state index in [1.807, 2.05) is 30.3 Å². The first kappa shape index (κ1) is 13.5. The summed E-state index contributed by atoms with van der Waals surface area (Å²) in [6, 6.07) is 9.99. The average molecular weight is 255 g/mol. The lowest BCUT2D eigenvalue weighted by molar-refractivity contribution is -0.121. The summed E-state index contributed by atoms with van der Waals surface area (Å²) in [6.07, 6.45) is 0.732. The Hall–Kier alpha value is -0.610. The van der Waals surface area contributed by atoms with Crippen LogP contribution in [0.1, 0.15) is 5.56 Å².